The van der Waals surface area contributed by atoms with Gasteiger partial charge in [0.2, 0.25) is 5.91 Å². The van der Waals surface area contributed by atoms with Crippen LogP contribution >= 0.6 is 23.1 Å². The highest BCUT2D eigenvalue weighted by Gasteiger charge is 2.42. The zero-order chi connectivity index (χ0) is 23.8. The average Bonchev–Trinajstić information content (AvgIpc) is 3.28. The molecule has 1 atom stereocenters. The lowest BCUT2D eigenvalue weighted by molar-refractivity contribution is -0.118. The zero-order valence-corrected chi connectivity index (χ0v) is 20.9. The molecule has 0 unspecified atom stereocenters. The number of amides is 1. The van der Waals surface area contributed by atoms with Crippen molar-refractivity contribution < 1.29 is 9.59 Å². The fourth-order valence-electron chi connectivity index (χ4n) is 4.44. The first-order valence-electron chi connectivity index (χ1n) is 10.9. The van der Waals surface area contributed by atoms with Gasteiger partial charge in [-0.3, -0.25) is 9.59 Å². The van der Waals surface area contributed by atoms with Crippen molar-refractivity contribution in [3.63, 3.8) is 0 Å². The van der Waals surface area contributed by atoms with Crippen molar-refractivity contribution in [2.75, 3.05) is 11.1 Å². The molecule has 7 heteroatoms. The minimum absolute atomic E-state index is 0.0941. The van der Waals surface area contributed by atoms with Crippen molar-refractivity contribution in [2.24, 2.45) is 5.41 Å². The fraction of sp³-hybridized carbons (Fsp3) is 0.346. The number of ketones is 1. The van der Waals surface area contributed by atoms with E-state index in [0.29, 0.717) is 22.6 Å². The first kappa shape index (κ1) is 23.3. The molecule has 4 rings (SSSR count). The van der Waals surface area contributed by atoms with Gasteiger partial charge in [0.05, 0.1) is 28.3 Å². The highest BCUT2D eigenvalue weighted by Crippen LogP contribution is 2.48. The normalized spacial score (nSPS) is 19.6. The van der Waals surface area contributed by atoms with Crippen LogP contribution in [0, 0.1) is 30.6 Å². The highest BCUT2D eigenvalue weighted by molar-refractivity contribution is 8.03. The van der Waals surface area contributed by atoms with Crippen LogP contribution in [0.2, 0.25) is 0 Å². The minimum atomic E-state index is -0.376. The smallest absolute Gasteiger partial charge is 0.234 e. The van der Waals surface area contributed by atoms with E-state index in [1.807, 2.05) is 49.6 Å². The summed E-state index contributed by atoms with van der Waals surface area (Å²) in [5.41, 5.74) is 4.90. The van der Waals surface area contributed by atoms with Gasteiger partial charge in [0.25, 0.3) is 0 Å². The third-order valence-corrected chi connectivity index (χ3v) is 8.14. The molecule has 0 saturated heterocycles. The summed E-state index contributed by atoms with van der Waals surface area (Å²) < 4.78 is 0. The number of carbonyl (C=O) groups is 2. The Morgan fingerprint density at radius 1 is 1.27 bits per heavy atom. The van der Waals surface area contributed by atoms with Gasteiger partial charge in [-0.2, -0.15) is 5.26 Å². The molecule has 0 fully saturated rings. The van der Waals surface area contributed by atoms with Crippen molar-refractivity contribution >= 4 is 40.5 Å². The SMILES string of the molecule is Cc1cccc(NC(=O)CSC2=C(C#N)[C@H](c3cccs3)C3=C(CC(C)(C)CC3=O)N2)c1C. The maximum atomic E-state index is 13.2. The largest absolute Gasteiger partial charge is 0.352 e. The first-order valence-corrected chi connectivity index (χ1v) is 12.8. The Morgan fingerprint density at radius 2 is 2.06 bits per heavy atom. The van der Waals surface area contributed by atoms with Gasteiger partial charge < -0.3 is 10.6 Å². The van der Waals surface area contributed by atoms with Crippen LogP contribution in [-0.2, 0) is 9.59 Å². The third kappa shape index (κ3) is 4.78. The van der Waals surface area contributed by atoms with E-state index in [0.717, 1.165) is 33.8 Å². The second-order valence-electron chi connectivity index (χ2n) is 9.35. The van der Waals surface area contributed by atoms with Gasteiger partial charge in [-0.25, -0.2) is 0 Å². The van der Waals surface area contributed by atoms with E-state index >= 15 is 0 Å². The molecule has 170 valence electrons. The number of thioether (sulfide) groups is 1. The van der Waals surface area contributed by atoms with Gasteiger partial charge in [0, 0.05) is 28.3 Å². The summed E-state index contributed by atoms with van der Waals surface area (Å²) in [4.78, 5) is 26.9. The number of dihydropyridines is 1. The molecule has 1 aliphatic heterocycles. The number of nitriles is 1. The van der Waals surface area contributed by atoms with Crippen LogP contribution in [0.25, 0.3) is 0 Å². The molecule has 2 N–H and O–H groups in total. The molecule has 2 aliphatic rings. The number of benzene rings is 1. The second kappa shape index (κ2) is 9.20. The second-order valence-corrected chi connectivity index (χ2v) is 11.3. The molecular formula is C26H27N3O2S2. The summed E-state index contributed by atoms with van der Waals surface area (Å²) >= 11 is 2.87. The maximum Gasteiger partial charge on any atom is 0.234 e. The number of hydrogen-bond acceptors (Lipinski definition) is 6. The Hall–Kier alpha value is -2.82. The van der Waals surface area contributed by atoms with E-state index in [9.17, 15) is 14.9 Å². The number of anilines is 1. The van der Waals surface area contributed by atoms with Gasteiger partial charge in [0.15, 0.2) is 5.78 Å². The number of nitrogens with one attached hydrogen (secondary N) is 2. The van der Waals surface area contributed by atoms with Crippen LogP contribution in [0.15, 0.2) is 57.6 Å². The van der Waals surface area contributed by atoms with Crippen LogP contribution in [-0.4, -0.2) is 17.4 Å². The summed E-state index contributed by atoms with van der Waals surface area (Å²) in [5, 5.41) is 19.1. The summed E-state index contributed by atoms with van der Waals surface area (Å²) in [6.07, 6.45) is 1.20. The topological polar surface area (TPSA) is 82.0 Å². The van der Waals surface area contributed by atoms with Crippen molar-refractivity contribution in [3.05, 3.63) is 73.6 Å². The summed E-state index contributed by atoms with van der Waals surface area (Å²) in [7, 11) is 0. The number of thiophene rings is 1. The van der Waals surface area contributed by atoms with E-state index in [1.165, 1.54) is 11.8 Å². The molecule has 0 spiro atoms. The number of hydrogen-bond donors (Lipinski definition) is 2. The monoisotopic (exact) mass is 477 g/mol. The standard InChI is InChI=1S/C26H27N3O2S2/c1-15-7-5-8-18(16(15)2)28-22(31)14-33-25-17(13-27)23(21-9-6-10-32-21)24-19(29-25)11-26(3,4)12-20(24)30/h5-10,23,29H,11-12,14H2,1-4H3,(H,28,31)/t23-/m1/s1. The number of aryl methyl sites for hydroxylation is 1. The van der Waals surface area contributed by atoms with Gasteiger partial charge in [-0.15, -0.1) is 11.3 Å². The van der Waals surface area contributed by atoms with E-state index in [4.69, 9.17) is 0 Å². The molecule has 1 amide bonds. The van der Waals surface area contributed by atoms with Gasteiger partial charge in [0.1, 0.15) is 0 Å². The lowest BCUT2D eigenvalue weighted by Crippen LogP contribution is -2.36. The zero-order valence-electron chi connectivity index (χ0n) is 19.2. The Balaban J connectivity index is 1.61. The molecule has 0 radical (unpaired) electrons. The van der Waals surface area contributed by atoms with E-state index in [-0.39, 0.29) is 28.8 Å². The van der Waals surface area contributed by atoms with Gasteiger partial charge in [-0.1, -0.05) is 43.8 Å². The van der Waals surface area contributed by atoms with Gasteiger partial charge in [-0.05, 0) is 54.3 Å². The molecule has 5 nitrogen and oxygen atoms in total. The van der Waals surface area contributed by atoms with Crippen LogP contribution in [0.4, 0.5) is 5.69 Å². The average molecular weight is 478 g/mol. The van der Waals surface area contributed by atoms with Gasteiger partial charge >= 0.3 is 0 Å². The molecule has 1 aromatic carbocycles. The molecule has 33 heavy (non-hydrogen) atoms. The lowest BCUT2D eigenvalue weighted by Gasteiger charge is -2.38. The van der Waals surface area contributed by atoms with Crippen molar-refractivity contribution in [2.45, 2.75) is 46.5 Å². The first-order chi connectivity index (χ1) is 15.7. The molecule has 2 aromatic rings. The predicted octanol–water partition coefficient (Wildman–Crippen LogP) is 5.80. The minimum Gasteiger partial charge on any atom is -0.352 e. The van der Waals surface area contributed by atoms with E-state index in [2.05, 4.69) is 30.6 Å². The maximum absolute atomic E-state index is 13.2. The van der Waals surface area contributed by atoms with E-state index in [1.54, 1.807) is 11.3 Å². The molecule has 0 saturated carbocycles. The Labute approximate surface area is 203 Å². The number of nitrogens with zero attached hydrogens (tertiary/aromatic N) is 1. The summed E-state index contributed by atoms with van der Waals surface area (Å²) in [6, 6.07) is 12.1. The quantitative estimate of drug-likeness (QED) is 0.569. The lowest BCUT2D eigenvalue weighted by atomic mass is 9.70. The number of allylic oxidation sites excluding steroid dienone is 3. The summed E-state index contributed by atoms with van der Waals surface area (Å²) in [5.74, 6) is -0.248. The fourth-order valence-corrected chi connectivity index (χ4v) is 6.15. The molecule has 1 aliphatic carbocycles. The van der Waals surface area contributed by atoms with Crippen LogP contribution in [0.5, 0.6) is 0 Å². The van der Waals surface area contributed by atoms with Crippen molar-refractivity contribution in [1.82, 2.24) is 5.32 Å². The van der Waals surface area contributed by atoms with Crippen LogP contribution in [0.3, 0.4) is 0 Å². The molecular weight excluding hydrogens is 450 g/mol. The Bertz CT molecular complexity index is 1220. The number of carbonyl (C=O) groups excluding carboxylic acids is 2. The van der Waals surface area contributed by atoms with Crippen molar-refractivity contribution in [3.8, 4) is 6.07 Å². The predicted molar refractivity (Wildman–Crippen MR) is 135 cm³/mol. The molecule has 0 bridgehead atoms. The Morgan fingerprint density at radius 3 is 2.76 bits per heavy atom. The Kier molecular flexibility index (Phi) is 6.51. The number of Topliss-reactive ketones (excluding diaryl/α,β-unsaturated/α-hetero) is 1. The van der Waals surface area contributed by atoms with Crippen LogP contribution < -0.4 is 10.6 Å². The number of rotatable bonds is 5. The third-order valence-electron chi connectivity index (χ3n) is 6.18. The van der Waals surface area contributed by atoms with E-state index < -0.39 is 0 Å². The molecule has 1 aromatic heterocycles. The molecule has 2 heterocycles. The van der Waals surface area contributed by atoms with Crippen LogP contribution in [0.1, 0.15) is 48.6 Å². The highest BCUT2D eigenvalue weighted by atomic mass is 32.2. The van der Waals surface area contributed by atoms with Crippen molar-refractivity contribution in [1.29, 1.82) is 5.26 Å². The summed E-state index contributed by atoms with van der Waals surface area (Å²) in [6.45, 7) is 8.17.